The van der Waals surface area contributed by atoms with Crippen molar-refractivity contribution >= 4 is 23.7 Å². The molecule has 1 heterocycles. The molecule has 9 nitrogen and oxygen atoms in total. The van der Waals surface area contributed by atoms with Crippen molar-refractivity contribution in [3.63, 3.8) is 0 Å². The number of anilines is 1. The van der Waals surface area contributed by atoms with Crippen molar-refractivity contribution in [2.45, 2.75) is 12.5 Å². The van der Waals surface area contributed by atoms with Crippen molar-refractivity contribution in [3.05, 3.63) is 24.3 Å². The fourth-order valence-corrected chi connectivity index (χ4v) is 2.21. The molecule has 0 bridgehead atoms. The second-order valence-corrected chi connectivity index (χ2v) is 4.82. The highest BCUT2D eigenvalue weighted by atomic mass is 16.5. The molecule has 1 atom stereocenters. The van der Waals surface area contributed by atoms with Gasteiger partial charge in [-0.1, -0.05) is 6.07 Å². The Kier molecular flexibility index (Phi) is 5.23. The van der Waals surface area contributed by atoms with Gasteiger partial charge >= 0.3 is 12.1 Å². The van der Waals surface area contributed by atoms with E-state index in [9.17, 15) is 14.4 Å². The summed E-state index contributed by atoms with van der Waals surface area (Å²) in [5.41, 5.74) is 4.86. The monoisotopic (exact) mass is 322 g/mol. The number of carbonyl (C=O) groups is 3. The molecule has 0 unspecified atom stereocenters. The third-order valence-electron chi connectivity index (χ3n) is 3.29. The lowest BCUT2D eigenvalue weighted by molar-refractivity contribution is -0.117. The molecule has 4 amide bonds. The minimum atomic E-state index is -0.791. The first-order valence-corrected chi connectivity index (χ1v) is 6.88. The summed E-state index contributed by atoms with van der Waals surface area (Å²) in [6.07, 6.45) is -0.622. The standard InChI is InChI=1S/C14H18N4O5/c1-22-11-5-3-4-10(7-11)18-8-9(6-12(18)19)15-13(20)16-17-14(21)23-2/h3-5,7,9H,6,8H2,1-2H3,(H,17,21)(H2,15,16,20)/t9-/m0/s1. The molecule has 0 aliphatic carbocycles. The lowest BCUT2D eigenvalue weighted by Gasteiger charge is -2.18. The third-order valence-corrected chi connectivity index (χ3v) is 3.29. The quantitative estimate of drug-likeness (QED) is 0.697. The summed E-state index contributed by atoms with van der Waals surface area (Å²) < 4.78 is 9.45. The van der Waals surface area contributed by atoms with Crippen LogP contribution in [0.2, 0.25) is 0 Å². The van der Waals surface area contributed by atoms with Gasteiger partial charge in [-0.25, -0.2) is 20.4 Å². The largest absolute Gasteiger partial charge is 0.497 e. The predicted molar refractivity (Wildman–Crippen MR) is 81.0 cm³/mol. The van der Waals surface area contributed by atoms with Gasteiger partial charge in [-0.05, 0) is 12.1 Å². The van der Waals surface area contributed by atoms with Crippen LogP contribution in [0.5, 0.6) is 5.75 Å². The number of ether oxygens (including phenoxy) is 2. The topological polar surface area (TPSA) is 109 Å². The Morgan fingerprint density at radius 1 is 1.26 bits per heavy atom. The SMILES string of the molecule is COC(=O)NNC(=O)N[C@H]1CC(=O)N(c2cccc(OC)c2)C1. The maximum atomic E-state index is 12.1. The van der Waals surface area contributed by atoms with E-state index in [0.717, 1.165) is 0 Å². The zero-order valence-electron chi connectivity index (χ0n) is 12.8. The highest BCUT2D eigenvalue weighted by Gasteiger charge is 2.31. The number of nitrogens with zero attached hydrogens (tertiary/aromatic N) is 1. The van der Waals surface area contributed by atoms with Crippen molar-refractivity contribution in [2.24, 2.45) is 0 Å². The van der Waals surface area contributed by atoms with Gasteiger partial charge in [0.15, 0.2) is 0 Å². The molecule has 0 aromatic heterocycles. The number of nitrogens with one attached hydrogen (secondary N) is 3. The molecule has 0 spiro atoms. The highest BCUT2D eigenvalue weighted by Crippen LogP contribution is 2.25. The molecule has 1 aliphatic rings. The van der Waals surface area contributed by atoms with Gasteiger partial charge in [0.05, 0.1) is 20.3 Å². The second-order valence-electron chi connectivity index (χ2n) is 4.82. The smallest absolute Gasteiger partial charge is 0.425 e. The van der Waals surface area contributed by atoms with Gasteiger partial charge in [-0.2, -0.15) is 0 Å². The van der Waals surface area contributed by atoms with Crippen LogP contribution in [0, 0.1) is 0 Å². The van der Waals surface area contributed by atoms with Crippen molar-refractivity contribution in [2.75, 3.05) is 25.7 Å². The predicted octanol–water partition coefficient (Wildman–Crippen LogP) is 0.371. The number of benzene rings is 1. The summed E-state index contributed by atoms with van der Waals surface area (Å²) >= 11 is 0. The Morgan fingerprint density at radius 3 is 2.74 bits per heavy atom. The average molecular weight is 322 g/mol. The van der Waals surface area contributed by atoms with E-state index in [1.54, 1.807) is 36.3 Å². The fraction of sp³-hybridized carbons (Fsp3) is 0.357. The molecular weight excluding hydrogens is 304 g/mol. The van der Waals surface area contributed by atoms with E-state index in [0.29, 0.717) is 18.0 Å². The first-order valence-electron chi connectivity index (χ1n) is 6.88. The summed E-state index contributed by atoms with van der Waals surface area (Å²) in [5, 5.41) is 2.60. The molecule has 23 heavy (non-hydrogen) atoms. The van der Waals surface area contributed by atoms with Crippen LogP contribution in [-0.2, 0) is 9.53 Å². The number of rotatable bonds is 3. The lowest BCUT2D eigenvalue weighted by atomic mass is 10.2. The number of urea groups is 1. The van der Waals surface area contributed by atoms with Crippen LogP contribution < -0.4 is 25.8 Å². The average Bonchev–Trinajstić information content (AvgIpc) is 2.92. The van der Waals surface area contributed by atoms with Crippen LogP contribution in [0.15, 0.2) is 24.3 Å². The molecule has 3 N–H and O–H groups in total. The van der Waals surface area contributed by atoms with E-state index in [4.69, 9.17) is 4.74 Å². The van der Waals surface area contributed by atoms with Crippen LogP contribution >= 0.6 is 0 Å². The Labute approximate surface area is 132 Å². The minimum absolute atomic E-state index is 0.107. The molecular formula is C14H18N4O5. The maximum absolute atomic E-state index is 12.1. The zero-order chi connectivity index (χ0) is 16.8. The second kappa shape index (κ2) is 7.34. The number of hydrazine groups is 1. The number of hydrogen-bond donors (Lipinski definition) is 3. The first-order chi connectivity index (χ1) is 11.0. The summed E-state index contributed by atoms with van der Waals surface area (Å²) in [4.78, 5) is 36.2. The highest BCUT2D eigenvalue weighted by molar-refractivity contribution is 5.97. The minimum Gasteiger partial charge on any atom is -0.497 e. The molecule has 0 radical (unpaired) electrons. The van der Waals surface area contributed by atoms with Gasteiger partial charge in [0, 0.05) is 24.7 Å². The van der Waals surface area contributed by atoms with Crippen LogP contribution in [0.4, 0.5) is 15.3 Å². The van der Waals surface area contributed by atoms with Gasteiger partial charge in [0.2, 0.25) is 5.91 Å². The van der Waals surface area contributed by atoms with Gasteiger partial charge in [0.25, 0.3) is 0 Å². The maximum Gasteiger partial charge on any atom is 0.425 e. The summed E-state index contributed by atoms with van der Waals surface area (Å²) in [6.45, 7) is 0.331. The Morgan fingerprint density at radius 2 is 2.04 bits per heavy atom. The van der Waals surface area contributed by atoms with Crippen molar-refractivity contribution in [1.82, 2.24) is 16.2 Å². The first kappa shape index (κ1) is 16.4. The van der Waals surface area contributed by atoms with Crippen molar-refractivity contribution in [3.8, 4) is 5.75 Å². The third kappa shape index (κ3) is 4.25. The van der Waals surface area contributed by atoms with Crippen molar-refractivity contribution in [1.29, 1.82) is 0 Å². The van der Waals surface area contributed by atoms with Gasteiger partial charge in [0.1, 0.15) is 5.75 Å². The number of carbonyl (C=O) groups excluding carboxylic acids is 3. The number of hydrogen-bond acceptors (Lipinski definition) is 5. The van der Waals surface area contributed by atoms with Gasteiger partial charge in [-0.15, -0.1) is 0 Å². The zero-order valence-corrected chi connectivity index (χ0v) is 12.8. The van der Waals surface area contributed by atoms with E-state index in [-0.39, 0.29) is 18.4 Å². The van der Waals surface area contributed by atoms with E-state index >= 15 is 0 Å². The van der Waals surface area contributed by atoms with Crippen LogP contribution in [-0.4, -0.2) is 44.8 Å². The Hall–Kier alpha value is -2.97. The molecule has 0 saturated carbocycles. The van der Waals surface area contributed by atoms with E-state index < -0.39 is 12.1 Å². The molecule has 1 aliphatic heterocycles. The molecule has 1 aromatic rings. The van der Waals surface area contributed by atoms with Crippen molar-refractivity contribution < 1.29 is 23.9 Å². The Balaban J connectivity index is 1.91. The molecule has 2 rings (SSSR count). The van der Waals surface area contributed by atoms with Crippen LogP contribution in [0.25, 0.3) is 0 Å². The van der Waals surface area contributed by atoms with E-state index in [2.05, 4.69) is 15.5 Å². The van der Waals surface area contributed by atoms with Crippen LogP contribution in [0.3, 0.4) is 0 Å². The normalized spacial score (nSPS) is 16.7. The summed E-state index contributed by atoms with van der Waals surface area (Å²) in [6, 6.07) is 6.12. The van der Waals surface area contributed by atoms with E-state index in [1.807, 2.05) is 5.43 Å². The lowest BCUT2D eigenvalue weighted by Crippen LogP contribution is -2.50. The molecule has 9 heteroatoms. The summed E-state index contributed by atoms with van der Waals surface area (Å²) in [5.74, 6) is 0.538. The molecule has 1 saturated heterocycles. The van der Waals surface area contributed by atoms with Gasteiger partial charge in [-0.3, -0.25) is 4.79 Å². The fourth-order valence-electron chi connectivity index (χ4n) is 2.21. The van der Waals surface area contributed by atoms with E-state index in [1.165, 1.54) is 7.11 Å². The number of methoxy groups -OCH3 is 2. The molecule has 1 aromatic carbocycles. The van der Waals surface area contributed by atoms with Gasteiger partial charge < -0.3 is 19.7 Å². The molecule has 124 valence electrons. The van der Waals surface area contributed by atoms with Crippen LogP contribution in [0.1, 0.15) is 6.42 Å². The Bertz CT molecular complexity index is 607. The molecule has 1 fully saturated rings. The number of amides is 4. The summed E-state index contributed by atoms with van der Waals surface area (Å²) in [7, 11) is 2.73.